The van der Waals surface area contributed by atoms with Crippen LogP contribution in [0.15, 0.2) is 30.3 Å². The van der Waals surface area contributed by atoms with Crippen LogP contribution in [-0.4, -0.2) is 18.5 Å². The molecule has 0 fully saturated rings. The van der Waals surface area contributed by atoms with Crippen LogP contribution in [0.4, 0.5) is 4.79 Å². The monoisotopic (exact) mass is 222 g/mol. The standard InChI is InChI=1S/C11H14N2O3/c1-2-8-12-11(15)16-13-10(14)9-6-4-3-5-7-9/h3-7H,2,8H2,1H3,(H,12,15)(H,13,14). The van der Waals surface area contributed by atoms with E-state index in [1.54, 1.807) is 30.3 Å². The quantitative estimate of drug-likeness (QED) is 0.761. The molecule has 16 heavy (non-hydrogen) atoms. The zero-order valence-electron chi connectivity index (χ0n) is 9.03. The minimum absolute atomic E-state index is 0.436. The van der Waals surface area contributed by atoms with Crippen LogP contribution in [-0.2, 0) is 4.84 Å². The van der Waals surface area contributed by atoms with Gasteiger partial charge in [-0.2, -0.15) is 5.48 Å². The molecule has 1 aromatic rings. The van der Waals surface area contributed by atoms with E-state index in [0.717, 1.165) is 6.42 Å². The van der Waals surface area contributed by atoms with E-state index in [4.69, 9.17) is 0 Å². The molecule has 0 aromatic heterocycles. The van der Waals surface area contributed by atoms with Gasteiger partial charge in [-0.25, -0.2) is 4.79 Å². The van der Waals surface area contributed by atoms with Crippen LogP contribution < -0.4 is 10.8 Å². The van der Waals surface area contributed by atoms with Gasteiger partial charge in [-0.3, -0.25) is 4.79 Å². The van der Waals surface area contributed by atoms with Gasteiger partial charge in [-0.15, -0.1) is 0 Å². The Morgan fingerprint density at radius 3 is 2.56 bits per heavy atom. The number of carbonyl (C=O) groups excluding carboxylic acids is 2. The molecule has 5 heteroatoms. The first-order valence-electron chi connectivity index (χ1n) is 5.04. The molecular formula is C11H14N2O3. The van der Waals surface area contributed by atoms with Crippen LogP contribution in [0.1, 0.15) is 23.7 Å². The average molecular weight is 222 g/mol. The molecule has 1 rings (SSSR count). The zero-order valence-corrected chi connectivity index (χ0v) is 9.03. The Balaban J connectivity index is 2.33. The van der Waals surface area contributed by atoms with Crippen molar-refractivity contribution < 1.29 is 14.4 Å². The maximum Gasteiger partial charge on any atom is 0.431 e. The van der Waals surface area contributed by atoms with Gasteiger partial charge in [0, 0.05) is 12.1 Å². The first kappa shape index (κ1) is 12.0. The predicted octanol–water partition coefficient (Wildman–Crippen LogP) is 1.47. The molecule has 86 valence electrons. The van der Waals surface area contributed by atoms with Crippen molar-refractivity contribution in [3.05, 3.63) is 35.9 Å². The Labute approximate surface area is 93.7 Å². The fraction of sp³-hybridized carbons (Fsp3) is 0.273. The van der Waals surface area contributed by atoms with Crippen molar-refractivity contribution in [1.82, 2.24) is 10.8 Å². The Morgan fingerprint density at radius 2 is 1.94 bits per heavy atom. The Hall–Kier alpha value is -2.04. The van der Waals surface area contributed by atoms with Gasteiger partial charge in [-0.1, -0.05) is 25.1 Å². The minimum atomic E-state index is -0.661. The fourth-order valence-corrected chi connectivity index (χ4v) is 1.00. The van der Waals surface area contributed by atoms with Gasteiger partial charge in [0.1, 0.15) is 0 Å². The van der Waals surface area contributed by atoms with Crippen LogP contribution in [0, 0.1) is 0 Å². The van der Waals surface area contributed by atoms with Crippen LogP contribution in [0.25, 0.3) is 0 Å². The molecule has 0 heterocycles. The molecule has 0 radical (unpaired) electrons. The molecule has 0 spiro atoms. The Bertz CT molecular complexity index is 352. The smallest absolute Gasteiger partial charge is 0.321 e. The van der Waals surface area contributed by atoms with Crippen LogP contribution >= 0.6 is 0 Å². The van der Waals surface area contributed by atoms with E-state index in [0.29, 0.717) is 12.1 Å². The van der Waals surface area contributed by atoms with Crippen LogP contribution in [0.5, 0.6) is 0 Å². The highest BCUT2D eigenvalue weighted by Crippen LogP contribution is 1.97. The van der Waals surface area contributed by atoms with E-state index in [1.807, 2.05) is 6.92 Å². The molecule has 0 saturated carbocycles. The number of hydroxylamine groups is 1. The van der Waals surface area contributed by atoms with Gasteiger partial charge in [0.25, 0.3) is 5.91 Å². The topological polar surface area (TPSA) is 67.4 Å². The second-order valence-electron chi connectivity index (χ2n) is 3.11. The number of nitrogens with one attached hydrogen (secondary N) is 2. The van der Waals surface area contributed by atoms with E-state index in [-0.39, 0.29) is 0 Å². The molecule has 0 aliphatic carbocycles. The number of rotatable bonds is 3. The van der Waals surface area contributed by atoms with Crippen molar-refractivity contribution in [2.24, 2.45) is 0 Å². The van der Waals surface area contributed by atoms with E-state index < -0.39 is 12.0 Å². The maximum absolute atomic E-state index is 11.4. The molecule has 0 saturated heterocycles. The van der Waals surface area contributed by atoms with Crippen LogP contribution in [0.3, 0.4) is 0 Å². The normalized spacial score (nSPS) is 9.31. The fourth-order valence-electron chi connectivity index (χ4n) is 1.00. The summed E-state index contributed by atoms with van der Waals surface area (Å²) in [5.41, 5.74) is 2.49. The highest BCUT2D eigenvalue weighted by molar-refractivity contribution is 5.94. The molecule has 0 atom stereocenters. The van der Waals surface area contributed by atoms with Crippen molar-refractivity contribution >= 4 is 12.0 Å². The third-order valence-corrected chi connectivity index (χ3v) is 1.79. The Kier molecular flexibility index (Phi) is 4.85. The molecule has 5 nitrogen and oxygen atoms in total. The SMILES string of the molecule is CCCNC(=O)ONC(=O)c1ccccc1. The zero-order chi connectivity index (χ0) is 11.8. The third kappa shape index (κ3) is 4.00. The summed E-state index contributed by atoms with van der Waals surface area (Å²) in [7, 11) is 0. The van der Waals surface area contributed by atoms with Crippen molar-refractivity contribution in [2.45, 2.75) is 13.3 Å². The van der Waals surface area contributed by atoms with E-state index >= 15 is 0 Å². The largest absolute Gasteiger partial charge is 0.431 e. The summed E-state index contributed by atoms with van der Waals surface area (Å²) in [6.07, 6.45) is 0.146. The van der Waals surface area contributed by atoms with Gasteiger partial charge in [0.2, 0.25) is 0 Å². The van der Waals surface area contributed by atoms with Crippen molar-refractivity contribution in [2.75, 3.05) is 6.54 Å². The summed E-state index contributed by atoms with van der Waals surface area (Å²) in [6, 6.07) is 8.51. The summed E-state index contributed by atoms with van der Waals surface area (Å²) in [5.74, 6) is -0.452. The molecule has 0 aliphatic heterocycles. The second-order valence-corrected chi connectivity index (χ2v) is 3.11. The van der Waals surface area contributed by atoms with Gasteiger partial charge < -0.3 is 10.2 Å². The van der Waals surface area contributed by atoms with E-state index in [2.05, 4.69) is 15.6 Å². The summed E-state index contributed by atoms with van der Waals surface area (Å²) in [6.45, 7) is 2.43. The predicted molar refractivity (Wildman–Crippen MR) is 58.7 cm³/mol. The summed E-state index contributed by atoms with van der Waals surface area (Å²) >= 11 is 0. The van der Waals surface area contributed by atoms with Crippen molar-refractivity contribution in [3.8, 4) is 0 Å². The lowest BCUT2D eigenvalue weighted by atomic mass is 10.2. The van der Waals surface area contributed by atoms with Gasteiger partial charge in [0.05, 0.1) is 0 Å². The molecular weight excluding hydrogens is 208 g/mol. The van der Waals surface area contributed by atoms with Crippen LogP contribution in [0.2, 0.25) is 0 Å². The third-order valence-electron chi connectivity index (χ3n) is 1.79. The lowest BCUT2D eigenvalue weighted by molar-refractivity contribution is 0.0572. The average Bonchev–Trinajstić information content (AvgIpc) is 2.34. The number of hydrogen-bond acceptors (Lipinski definition) is 3. The molecule has 1 aromatic carbocycles. The second kappa shape index (κ2) is 6.44. The van der Waals surface area contributed by atoms with E-state index in [1.165, 1.54) is 0 Å². The molecule has 0 unspecified atom stereocenters. The molecule has 0 bridgehead atoms. The van der Waals surface area contributed by atoms with E-state index in [9.17, 15) is 9.59 Å². The number of hydrogen-bond donors (Lipinski definition) is 2. The molecule has 2 N–H and O–H groups in total. The first-order valence-corrected chi connectivity index (χ1v) is 5.04. The van der Waals surface area contributed by atoms with Gasteiger partial charge in [0.15, 0.2) is 0 Å². The lowest BCUT2D eigenvalue weighted by Crippen LogP contribution is -2.33. The highest BCUT2D eigenvalue weighted by Gasteiger charge is 2.07. The van der Waals surface area contributed by atoms with Crippen molar-refractivity contribution in [1.29, 1.82) is 0 Å². The van der Waals surface area contributed by atoms with Gasteiger partial charge in [-0.05, 0) is 18.6 Å². The molecule has 0 aliphatic rings. The minimum Gasteiger partial charge on any atom is -0.321 e. The summed E-state index contributed by atoms with van der Waals surface area (Å²) in [4.78, 5) is 26.9. The highest BCUT2D eigenvalue weighted by atomic mass is 16.7. The summed E-state index contributed by atoms with van der Waals surface area (Å²) < 4.78 is 0. The molecule has 2 amide bonds. The number of carbonyl (C=O) groups is 2. The Morgan fingerprint density at radius 1 is 1.25 bits per heavy atom. The van der Waals surface area contributed by atoms with Gasteiger partial charge >= 0.3 is 6.09 Å². The number of amides is 2. The summed E-state index contributed by atoms with van der Waals surface area (Å²) in [5, 5.41) is 2.46. The maximum atomic E-state index is 11.4. The first-order chi connectivity index (χ1) is 7.74. The lowest BCUT2D eigenvalue weighted by Gasteiger charge is -2.06. The number of benzene rings is 1. The van der Waals surface area contributed by atoms with Crippen molar-refractivity contribution in [3.63, 3.8) is 0 Å².